The third-order valence-corrected chi connectivity index (χ3v) is 2.38. The van der Waals surface area contributed by atoms with Crippen molar-refractivity contribution >= 4 is 11.7 Å². The molecule has 0 radical (unpaired) electrons. The van der Waals surface area contributed by atoms with Gasteiger partial charge in [0.2, 0.25) is 0 Å². The van der Waals surface area contributed by atoms with Crippen LogP contribution in [-0.4, -0.2) is 24.2 Å². The van der Waals surface area contributed by atoms with Gasteiger partial charge in [0.25, 0.3) is 0 Å². The van der Waals surface area contributed by atoms with Gasteiger partial charge in [-0.3, -0.25) is 0 Å². The fraction of sp³-hybridized carbons (Fsp3) is 0.308. The Morgan fingerprint density at radius 1 is 1.59 bits per heavy atom. The number of carboxylic acid groups (broad SMARTS) is 1. The SMILES string of the molecule is C=CCN(CCC)c1c(F)cccc1C(=O)O. The monoisotopic (exact) mass is 237 g/mol. The van der Waals surface area contributed by atoms with Crippen molar-refractivity contribution in [2.75, 3.05) is 18.0 Å². The van der Waals surface area contributed by atoms with E-state index in [9.17, 15) is 9.18 Å². The molecular formula is C13H16FNO2. The predicted molar refractivity (Wildman–Crippen MR) is 66.1 cm³/mol. The third-order valence-electron chi connectivity index (χ3n) is 2.38. The van der Waals surface area contributed by atoms with Gasteiger partial charge in [-0.05, 0) is 18.6 Å². The van der Waals surface area contributed by atoms with Crippen LogP contribution in [0.1, 0.15) is 23.7 Å². The summed E-state index contributed by atoms with van der Waals surface area (Å²) in [5, 5.41) is 9.06. The molecule has 1 N–H and O–H groups in total. The molecule has 0 saturated carbocycles. The second kappa shape index (κ2) is 6.03. The first kappa shape index (κ1) is 13.2. The van der Waals surface area contributed by atoms with Crippen molar-refractivity contribution in [2.45, 2.75) is 13.3 Å². The summed E-state index contributed by atoms with van der Waals surface area (Å²) in [6.07, 6.45) is 2.44. The smallest absolute Gasteiger partial charge is 0.337 e. The largest absolute Gasteiger partial charge is 0.478 e. The van der Waals surface area contributed by atoms with Crippen LogP contribution in [0.3, 0.4) is 0 Å². The minimum atomic E-state index is -1.12. The van der Waals surface area contributed by atoms with E-state index in [4.69, 9.17) is 5.11 Å². The zero-order valence-electron chi connectivity index (χ0n) is 9.82. The molecule has 1 rings (SSSR count). The lowest BCUT2D eigenvalue weighted by molar-refractivity contribution is 0.0697. The maximum Gasteiger partial charge on any atom is 0.337 e. The number of carbonyl (C=O) groups is 1. The van der Waals surface area contributed by atoms with E-state index in [1.807, 2.05) is 6.92 Å². The van der Waals surface area contributed by atoms with Crippen LogP contribution in [0.15, 0.2) is 30.9 Å². The molecule has 0 aromatic heterocycles. The maximum absolute atomic E-state index is 13.8. The normalized spacial score (nSPS) is 10.0. The lowest BCUT2D eigenvalue weighted by Crippen LogP contribution is -2.27. The quantitative estimate of drug-likeness (QED) is 0.773. The van der Waals surface area contributed by atoms with Crippen LogP contribution in [0.5, 0.6) is 0 Å². The van der Waals surface area contributed by atoms with Gasteiger partial charge in [-0.2, -0.15) is 0 Å². The van der Waals surface area contributed by atoms with E-state index in [2.05, 4.69) is 6.58 Å². The molecule has 3 nitrogen and oxygen atoms in total. The molecule has 0 aliphatic rings. The highest BCUT2D eigenvalue weighted by Crippen LogP contribution is 2.24. The van der Waals surface area contributed by atoms with Crippen molar-refractivity contribution in [3.63, 3.8) is 0 Å². The molecule has 0 spiro atoms. The summed E-state index contributed by atoms with van der Waals surface area (Å²) in [6, 6.07) is 4.08. The van der Waals surface area contributed by atoms with Crippen molar-refractivity contribution in [1.82, 2.24) is 0 Å². The minimum Gasteiger partial charge on any atom is -0.478 e. The van der Waals surface area contributed by atoms with E-state index in [-0.39, 0.29) is 11.3 Å². The summed E-state index contributed by atoms with van der Waals surface area (Å²) < 4.78 is 13.8. The first-order valence-corrected chi connectivity index (χ1v) is 5.49. The van der Waals surface area contributed by atoms with Crippen molar-refractivity contribution in [2.24, 2.45) is 0 Å². The lowest BCUT2D eigenvalue weighted by Gasteiger charge is -2.24. The summed E-state index contributed by atoms with van der Waals surface area (Å²) in [5.41, 5.74) is 0.127. The lowest BCUT2D eigenvalue weighted by atomic mass is 10.1. The molecule has 0 aliphatic carbocycles. The number of para-hydroxylation sites is 1. The van der Waals surface area contributed by atoms with Crippen molar-refractivity contribution in [3.05, 3.63) is 42.2 Å². The highest BCUT2D eigenvalue weighted by atomic mass is 19.1. The second-order valence-corrected chi connectivity index (χ2v) is 3.68. The molecular weight excluding hydrogens is 221 g/mol. The number of aromatic carboxylic acids is 1. The van der Waals surface area contributed by atoms with Crippen LogP contribution in [0.4, 0.5) is 10.1 Å². The zero-order chi connectivity index (χ0) is 12.8. The van der Waals surface area contributed by atoms with Gasteiger partial charge in [-0.1, -0.05) is 19.1 Å². The first-order valence-electron chi connectivity index (χ1n) is 5.49. The summed E-state index contributed by atoms with van der Waals surface area (Å²) in [6.45, 7) is 6.57. The van der Waals surface area contributed by atoms with Gasteiger partial charge < -0.3 is 10.0 Å². The zero-order valence-corrected chi connectivity index (χ0v) is 9.82. The molecule has 0 aliphatic heterocycles. The summed E-state index contributed by atoms with van der Waals surface area (Å²) in [4.78, 5) is 12.8. The molecule has 0 heterocycles. The van der Waals surface area contributed by atoms with E-state index in [1.54, 1.807) is 11.0 Å². The second-order valence-electron chi connectivity index (χ2n) is 3.68. The molecule has 17 heavy (non-hydrogen) atoms. The number of carboxylic acids is 1. The Kier molecular flexibility index (Phi) is 4.69. The van der Waals surface area contributed by atoms with E-state index >= 15 is 0 Å². The Bertz CT molecular complexity index is 418. The van der Waals surface area contributed by atoms with Crippen LogP contribution in [0.25, 0.3) is 0 Å². The number of anilines is 1. The Hall–Kier alpha value is -1.84. The highest BCUT2D eigenvalue weighted by Gasteiger charge is 2.18. The number of nitrogens with zero attached hydrogens (tertiary/aromatic N) is 1. The molecule has 0 bridgehead atoms. The number of hydrogen-bond donors (Lipinski definition) is 1. The highest BCUT2D eigenvalue weighted by molar-refractivity contribution is 5.94. The van der Waals surface area contributed by atoms with Gasteiger partial charge in [0.05, 0.1) is 11.3 Å². The van der Waals surface area contributed by atoms with E-state index in [0.717, 1.165) is 6.42 Å². The summed E-state index contributed by atoms with van der Waals surface area (Å²) in [5.74, 6) is -1.63. The fourth-order valence-corrected chi connectivity index (χ4v) is 1.73. The molecule has 92 valence electrons. The van der Waals surface area contributed by atoms with Crippen LogP contribution in [0, 0.1) is 5.82 Å². The topological polar surface area (TPSA) is 40.5 Å². The van der Waals surface area contributed by atoms with Gasteiger partial charge in [0, 0.05) is 13.1 Å². The molecule has 0 amide bonds. The maximum atomic E-state index is 13.8. The van der Waals surface area contributed by atoms with Crippen LogP contribution in [-0.2, 0) is 0 Å². The average Bonchev–Trinajstić information content (AvgIpc) is 2.28. The standard InChI is InChI=1S/C13H16FNO2/c1-3-8-15(9-4-2)12-10(13(16)17)6-5-7-11(12)14/h3,5-7H,1,4,8-9H2,2H3,(H,16,17). The number of halogens is 1. The predicted octanol–water partition coefficient (Wildman–Crippen LogP) is 2.93. The average molecular weight is 237 g/mol. The molecule has 0 atom stereocenters. The van der Waals surface area contributed by atoms with E-state index < -0.39 is 11.8 Å². The number of rotatable bonds is 6. The van der Waals surface area contributed by atoms with Gasteiger partial charge in [0.1, 0.15) is 5.82 Å². The Labute approximate surface area is 100 Å². The van der Waals surface area contributed by atoms with Gasteiger partial charge >= 0.3 is 5.97 Å². The van der Waals surface area contributed by atoms with Crippen LogP contribution >= 0.6 is 0 Å². The molecule has 1 aromatic carbocycles. The van der Waals surface area contributed by atoms with Crippen molar-refractivity contribution < 1.29 is 14.3 Å². The minimum absolute atomic E-state index is 0.0136. The summed E-state index contributed by atoms with van der Waals surface area (Å²) in [7, 11) is 0. The Balaban J connectivity index is 3.23. The van der Waals surface area contributed by atoms with Crippen molar-refractivity contribution in [3.8, 4) is 0 Å². The Morgan fingerprint density at radius 2 is 2.29 bits per heavy atom. The van der Waals surface area contributed by atoms with Gasteiger partial charge in [0.15, 0.2) is 0 Å². The fourth-order valence-electron chi connectivity index (χ4n) is 1.73. The number of benzene rings is 1. The molecule has 0 fully saturated rings. The number of hydrogen-bond acceptors (Lipinski definition) is 2. The van der Waals surface area contributed by atoms with E-state index in [0.29, 0.717) is 13.1 Å². The Morgan fingerprint density at radius 3 is 2.82 bits per heavy atom. The van der Waals surface area contributed by atoms with Crippen LogP contribution in [0.2, 0.25) is 0 Å². The van der Waals surface area contributed by atoms with Crippen LogP contribution < -0.4 is 4.90 Å². The molecule has 0 saturated heterocycles. The van der Waals surface area contributed by atoms with Gasteiger partial charge in [-0.25, -0.2) is 9.18 Å². The molecule has 1 aromatic rings. The molecule has 4 heteroatoms. The van der Waals surface area contributed by atoms with E-state index in [1.165, 1.54) is 18.2 Å². The summed E-state index contributed by atoms with van der Waals surface area (Å²) >= 11 is 0. The van der Waals surface area contributed by atoms with Crippen molar-refractivity contribution in [1.29, 1.82) is 0 Å². The third kappa shape index (κ3) is 3.06. The van der Waals surface area contributed by atoms with Gasteiger partial charge in [-0.15, -0.1) is 6.58 Å². The molecule has 0 unspecified atom stereocenters. The first-order chi connectivity index (χ1) is 8.11.